The normalized spacial score (nSPS) is 10.3. The van der Waals surface area contributed by atoms with Gasteiger partial charge in [0.2, 0.25) is 0 Å². The van der Waals surface area contributed by atoms with Crippen LogP contribution >= 0.6 is 23.2 Å². The molecule has 0 atom stereocenters. The molecule has 3 rings (SSSR count). The van der Waals surface area contributed by atoms with E-state index in [4.69, 9.17) is 27.9 Å². The fourth-order valence-corrected chi connectivity index (χ4v) is 2.85. The molecule has 7 heteroatoms. The topological polar surface area (TPSA) is 63.2 Å². The van der Waals surface area contributed by atoms with Crippen LogP contribution in [0, 0.1) is 0 Å². The van der Waals surface area contributed by atoms with Gasteiger partial charge in [-0.15, -0.1) is 0 Å². The number of nitrogens with zero attached hydrogens (tertiary/aromatic N) is 1. The number of hydrogen-bond donors (Lipinski definition) is 2. The van der Waals surface area contributed by atoms with E-state index in [0.29, 0.717) is 32.9 Å². The Kier molecular flexibility index (Phi) is 5.61. The number of hydrogen-bond acceptors (Lipinski definition) is 4. The highest BCUT2D eigenvalue weighted by Crippen LogP contribution is 2.25. The Balaban J connectivity index is 1.76. The third-order valence-electron chi connectivity index (χ3n) is 3.47. The Labute approximate surface area is 160 Å². The molecule has 0 unspecified atom stereocenters. The Morgan fingerprint density at radius 3 is 2.46 bits per heavy atom. The summed E-state index contributed by atoms with van der Waals surface area (Å²) in [4.78, 5) is 16.6. The van der Waals surface area contributed by atoms with Gasteiger partial charge in [0.05, 0.1) is 7.11 Å². The van der Waals surface area contributed by atoms with Crippen molar-refractivity contribution in [1.29, 1.82) is 0 Å². The van der Waals surface area contributed by atoms with Crippen molar-refractivity contribution < 1.29 is 9.53 Å². The second kappa shape index (κ2) is 8.08. The molecule has 0 saturated carbocycles. The summed E-state index contributed by atoms with van der Waals surface area (Å²) in [6.07, 6.45) is 1.55. The van der Waals surface area contributed by atoms with Gasteiger partial charge in [0.15, 0.2) is 0 Å². The first kappa shape index (κ1) is 18.0. The number of ether oxygens (including phenoxy) is 1. The van der Waals surface area contributed by atoms with Crippen LogP contribution in [-0.4, -0.2) is 18.0 Å². The smallest absolute Gasteiger partial charge is 0.274 e. The van der Waals surface area contributed by atoms with E-state index in [1.54, 1.807) is 67.9 Å². The van der Waals surface area contributed by atoms with E-state index in [2.05, 4.69) is 15.6 Å². The molecule has 3 aromatic rings. The van der Waals surface area contributed by atoms with Gasteiger partial charge >= 0.3 is 0 Å². The number of anilines is 3. The second-order valence-corrected chi connectivity index (χ2v) is 6.27. The van der Waals surface area contributed by atoms with E-state index in [1.807, 2.05) is 0 Å². The Morgan fingerprint density at radius 2 is 1.73 bits per heavy atom. The number of amides is 1. The molecule has 5 nitrogen and oxygen atoms in total. The molecule has 132 valence electrons. The van der Waals surface area contributed by atoms with Gasteiger partial charge < -0.3 is 15.4 Å². The molecule has 0 spiro atoms. The predicted octanol–water partition coefficient (Wildman–Crippen LogP) is 5.39. The van der Waals surface area contributed by atoms with Crippen LogP contribution in [-0.2, 0) is 0 Å². The van der Waals surface area contributed by atoms with Crippen LogP contribution in [0.5, 0.6) is 5.75 Å². The minimum atomic E-state index is -0.328. The average molecular weight is 388 g/mol. The fourth-order valence-electron chi connectivity index (χ4n) is 2.32. The van der Waals surface area contributed by atoms with Crippen LogP contribution in [0.25, 0.3) is 0 Å². The van der Waals surface area contributed by atoms with Gasteiger partial charge in [0, 0.05) is 39.4 Å². The monoisotopic (exact) mass is 387 g/mol. The van der Waals surface area contributed by atoms with Gasteiger partial charge in [-0.3, -0.25) is 9.78 Å². The predicted molar refractivity (Wildman–Crippen MR) is 105 cm³/mol. The molecule has 1 heterocycles. The summed E-state index contributed by atoms with van der Waals surface area (Å²) in [5.41, 5.74) is 2.30. The number of methoxy groups -OCH3 is 1. The van der Waals surface area contributed by atoms with Crippen molar-refractivity contribution in [3.63, 3.8) is 0 Å². The molecule has 0 aliphatic carbocycles. The Hall–Kier alpha value is -2.76. The number of nitrogens with one attached hydrogen (secondary N) is 2. The molecule has 0 bridgehead atoms. The quantitative estimate of drug-likeness (QED) is 0.615. The van der Waals surface area contributed by atoms with Crippen molar-refractivity contribution in [2.24, 2.45) is 0 Å². The highest BCUT2D eigenvalue weighted by Gasteiger charge is 2.09. The highest BCUT2D eigenvalue weighted by atomic mass is 35.5. The highest BCUT2D eigenvalue weighted by molar-refractivity contribution is 6.35. The van der Waals surface area contributed by atoms with E-state index in [-0.39, 0.29) is 11.6 Å². The zero-order valence-corrected chi connectivity index (χ0v) is 15.3. The summed E-state index contributed by atoms with van der Waals surface area (Å²) < 4.78 is 5.15. The van der Waals surface area contributed by atoms with Gasteiger partial charge in [0.25, 0.3) is 5.91 Å². The van der Waals surface area contributed by atoms with Crippen molar-refractivity contribution in [1.82, 2.24) is 4.98 Å². The Bertz CT molecular complexity index is 927. The SMILES string of the molecule is COc1cccc(NC(=O)c2cc(Nc3cc(Cl)cc(Cl)c3)ccn2)c1. The third kappa shape index (κ3) is 4.65. The summed E-state index contributed by atoms with van der Waals surface area (Å²) in [5.74, 6) is 0.329. The molecular formula is C19H15Cl2N3O2. The summed E-state index contributed by atoms with van der Waals surface area (Å²) in [5, 5.41) is 6.98. The van der Waals surface area contributed by atoms with Crippen molar-refractivity contribution in [3.05, 3.63) is 76.5 Å². The lowest BCUT2D eigenvalue weighted by Crippen LogP contribution is -2.13. The zero-order chi connectivity index (χ0) is 18.5. The molecule has 2 N–H and O–H groups in total. The number of rotatable bonds is 5. The minimum Gasteiger partial charge on any atom is -0.497 e. The molecule has 1 aromatic heterocycles. The van der Waals surface area contributed by atoms with Crippen LogP contribution in [0.1, 0.15) is 10.5 Å². The molecule has 1 amide bonds. The van der Waals surface area contributed by atoms with Gasteiger partial charge in [-0.05, 0) is 42.5 Å². The third-order valence-corrected chi connectivity index (χ3v) is 3.91. The fraction of sp³-hybridized carbons (Fsp3) is 0.0526. The first-order valence-corrected chi connectivity index (χ1v) is 8.43. The van der Waals surface area contributed by atoms with Gasteiger partial charge in [-0.25, -0.2) is 0 Å². The molecular weight excluding hydrogens is 373 g/mol. The number of carbonyl (C=O) groups is 1. The number of aromatic nitrogens is 1. The van der Waals surface area contributed by atoms with Crippen molar-refractivity contribution in [2.45, 2.75) is 0 Å². The molecule has 0 radical (unpaired) electrons. The maximum absolute atomic E-state index is 12.4. The van der Waals surface area contributed by atoms with Crippen LogP contribution in [0.3, 0.4) is 0 Å². The van der Waals surface area contributed by atoms with Crippen LogP contribution in [0.2, 0.25) is 10.0 Å². The first-order valence-electron chi connectivity index (χ1n) is 7.68. The van der Waals surface area contributed by atoms with Crippen molar-refractivity contribution >= 4 is 46.2 Å². The van der Waals surface area contributed by atoms with E-state index in [0.717, 1.165) is 0 Å². The maximum Gasteiger partial charge on any atom is 0.274 e. The summed E-state index contributed by atoms with van der Waals surface area (Å²) in [6, 6.07) is 15.6. The standard InChI is InChI=1S/C19H15Cl2N3O2/c1-26-17-4-2-3-14(10-17)24-19(25)18-11-15(5-6-22-18)23-16-8-12(20)7-13(21)9-16/h2-11H,1H3,(H,22,23)(H,24,25). The number of benzene rings is 2. The lowest BCUT2D eigenvalue weighted by Gasteiger charge is -2.10. The van der Waals surface area contributed by atoms with Gasteiger partial charge in [0.1, 0.15) is 11.4 Å². The molecule has 0 aliphatic rings. The lowest BCUT2D eigenvalue weighted by atomic mass is 10.2. The van der Waals surface area contributed by atoms with E-state index in [9.17, 15) is 4.79 Å². The maximum atomic E-state index is 12.4. The Morgan fingerprint density at radius 1 is 0.962 bits per heavy atom. The first-order chi connectivity index (χ1) is 12.5. The zero-order valence-electron chi connectivity index (χ0n) is 13.8. The number of halogens is 2. The average Bonchev–Trinajstić information content (AvgIpc) is 2.61. The largest absolute Gasteiger partial charge is 0.497 e. The summed E-state index contributed by atoms with van der Waals surface area (Å²) in [6.45, 7) is 0. The van der Waals surface area contributed by atoms with Crippen molar-refractivity contribution in [2.75, 3.05) is 17.7 Å². The molecule has 26 heavy (non-hydrogen) atoms. The molecule has 0 fully saturated rings. The minimum absolute atomic E-state index is 0.269. The molecule has 0 aliphatic heterocycles. The summed E-state index contributed by atoms with van der Waals surface area (Å²) in [7, 11) is 1.57. The van der Waals surface area contributed by atoms with Crippen molar-refractivity contribution in [3.8, 4) is 5.75 Å². The van der Waals surface area contributed by atoms with Crippen LogP contribution in [0.4, 0.5) is 17.1 Å². The van der Waals surface area contributed by atoms with Gasteiger partial charge in [-0.1, -0.05) is 29.3 Å². The number of pyridine rings is 1. The molecule has 0 saturated heterocycles. The van der Waals surface area contributed by atoms with E-state index in [1.165, 1.54) is 0 Å². The molecule has 2 aromatic carbocycles. The summed E-state index contributed by atoms with van der Waals surface area (Å²) >= 11 is 12.0. The van der Waals surface area contributed by atoms with E-state index >= 15 is 0 Å². The second-order valence-electron chi connectivity index (χ2n) is 5.40. The van der Waals surface area contributed by atoms with Crippen LogP contribution in [0.15, 0.2) is 60.8 Å². The van der Waals surface area contributed by atoms with Crippen LogP contribution < -0.4 is 15.4 Å². The number of carbonyl (C=O) groups excluding carboxylic acids is 1. The lowest BCUT2D eigenvalue weighted by molar-refractivity contribution is 0.102. The van der Waals surface area contributed by atoms with E-state index < -0.39 is 0 Å². The van der Waals surface area contributed by atoms with Gasteiger partial charge in [-0.2, -0.15) is 0 Å².